The predicted molar refractivity (Wildman–Crippen MR) is 112 cm³/mol. The summed E-state index contributed by atoms with van der Waals surface area (Å²) in [5.74, 6) is -1.02. The lowest BCUT2D eigenvalue weighted by Crippen LogP contribution is -2.29. The number of carbonyl (C=O) groups is 1. The normalized spacial score (nSPS) is 10.6. The third kappa shape index (κ3) is 3.49. The number of nitriles is 1. The maximum Gasteiger partial charge on any atom is 0.268 e. The highest BCUT2D eigenvalue weighted by atomic mass is 32.1. The molecule has 0 unspecified atom stereocenters. The van der Waals surface area contributed by atoms with E-state index < -0.39 is 11.5 Å². The Morgan fingerprint density at radius 3 is 2.52 bits per heavy atom. The van der Waals surface area contributed by atoms with Crippen LogP contribution in [0.25, 0.3) is 10.2 Å². The summed E-state index contributed by atoms with van der Waals surface area (Å²) in [5.41, 5.74) is 1.50. The van der Waals surface area contributed by atoms with E-state index in [9.17, 15) is 14.7 Å². The van der Waals surface area contributed by atoms with Crippen molar-refractivity contribution >= 4 is 33.1 Å². The van der Waals surface area contributed by atoms with Gasteiger partial charge in [-0.2, -0.15) is 5.26 Å². The first-order valence-corrected chi connectivity index (χ1v) is 9.65. The number of thiophene rings is 1. The van der Waals surface area contributed by atoms with Gasteiger partial charge in [-0.3, -0.25) is 9.59 Å². The Kier molecular flexibility index (Phi) is 4.85. The minimum Gasteiger partial charge on any atom is -0.505 e. The van der Waals surface area contributed by atoms with Gasteiger partial charge in [-0.05, 0) is 41.3 Å². The molecule has 0 bridgehead atoms. The van der Waals surface area contributed by atoms with Gasteiger partial charge in [-0.1, -0.05) is 30.3 Å². The largest absolute Gasteiger partial charge is 0.505 e. The highest BCUT2D eigenvalue weighted by Gasteiger charge is 2.23. The molecule has 4 aromatic rings. The standard InChI is InChI=1S/C22H15N3O3S/c23-12-14-6-8-16(9-7-14)24-21(27)18-19(26)20-17(10-11-29-20)25(22(18)28)13-15-4-2-1-3-5-15/h1-11,26H,13H2,(H,24,27). The SMILES string of the molecule is N#Cc1ccc(NC(=O)c2c(O)c3sccc3n(Cc3ccccc3)c2=O)cc1. The van der Waals surface area contributed by atoms with Crippen LogP contribution in [0.15, 0.2) is 70.8 Å². The summed E-state index contributed by atoms with van der Waals surface area (Å²) in [6.07, 6.45) is 0. The molecule has 0 aliphatic carbocycles. The fraction of sp³-hybridized carbons (Fsp3) is 0.0455. The Labute approximate surface area is 169 Å². The third-order valence-corrected chi connectivity index (χ3v) is 5.44. The topological polar surface area (TPSA) is 95.1 Å². The number of aromatic nitrogens is 1. The molecule has 0 aliphatic rings. The molecule has 4 rings (SSSR count). The lowest BCUT2D eigenvalue weighted by molar-refractivity contribution is 0.102. The van der Waals surface area contributed by atoms with Crippen LogP contribution in [0.1, 0.15) is 21.5 Å². The van der Waals surface area contributed by atoms with Crippen molar-refractivity contribution in [2.45, 2.75) is 6.54 Å². The number of pyridine rings is 1. The summed E-state index contributed by atoms with van der Waals surface area (Å²) < 4.78 is 1.97. The molecule has 2 aromatic carbocycles. The van der Waals surface area contributed by atoms with Gasteiger partial charge in [0.15, 0.2) is 5.75 Å². The second kappa shape index (κ2) is 7.62. The first-order chi connectivity index (χ1) is 14.1. The number of anilines is 1. The molecule has 0 saturated carbocycles. The van der Waals surface area contributed by atoms with Gasteiger partial charge in [0, 0.05) is 5.69 Å². The summed E-state index contributed by atoms with van der Waals surface area (Å²) in [6, 6.07) is 19.5. The van der Waals surface area contributed by atoms with E-state index in [1.165, 1.54) is 15.9 Å². The highest BCUT2D eigenvalue weighted by molar-refractivity contribution is 7.17. The second-order valence-corrected chi connectivity index (χ2v) is 7.29. The smallest absolute Gasteiger partial charge is 0.268 e. The van der Waals surface area contributed by atoms with Crippen LogP contribution in [-0.4, -0.2) is 15.6 Å². The van der Waals surface area contributed by atoms with E-state index in [1.54, 1.807) is 35.7 Å². The molecule has 0 radical (unpaired) electrons. The first-order valence-electron chi connectivity index (χ1n) is 8.77. The molecular weight excluding hydrogens is 386 g/mol. The van der Waals surface area contributed by atoms with Gasteiger partial charge < -0.3 is 15.0 Å². The van der Waals surface area contributed by atoms with Crippen LogP contribution >= 0.6 is 11.3 Å². The number of amides is 1. The number of benzene rings is 2. The molecule has 2 N–H and O–H groups in total. The molecule has 2 heterocycles. The molecule has 1 amide bonds. The predicted octanol–water partition coefficient (Wildman–Crippen LogP) is 3.94. The Morgan fingerprint density at radius 1 is 1.10 bits per heavy atom. The molecule has 0 spiro atoms. The number of carbonyl (C=O) groups excluding carboxylic acids is 1. The van der Waals surface area contributed by atoms with Crippen molar-refractivity contribution in [3.8, 4) is 11.8 Å². The van der Waals surface area contributed by atoms with Crippen LogP contribution < -0.4 is 10.9 Å². The van der Waals surface area contributed by atoms with E-state index in [0.717, 1.165) is 5.56 Å². The summed E-state index contributed by atoms with van der Waals surface area (Å²) >= 11 is 1.26. The summed E-state index contributed by atoms with van der Waals surface area (Å²) in [6.45, 7) is 0.282. The molecule has 2 aromatic heterocycles. The van der Waals surface area contributed by atoms with E-state index in [0.29, 0.717) is 21.5 Å². The van der Waals surface area contributed by atoms with Gasteiger partial charge in [0.25, 0.3) is 11.5 Å². The van der Waals surface area contributed by atoms with Crippen LogP contribution in [0, 0.1) is 11.3 Å². The van der Waals surface area contributed by atoms with Gasteiger partial charge in [0.2, 0.25) is 0 Å². The quantitative estimate of drug-likeness (QED) is 0.541. The highest BCUT2D eigenvalue weighted by Crippen LogP contribution is 2.31. The number of hydrogen-bond acceptors (Lipinski definition) is 5. The van der Waals surface area contributed by atoms with Crippen molar-refractivity contribution in [1.29, 1.82) is 5.26 Å². The average molecular weight is 401 g/mol. The minimum atomic E-state index is -0.700. The van der Waals surface area contributed by atoms with Gasteiger partial charge in [-0.15, -0.1) is 11.3 Å². The van der Waals surface area contributed by atoms with Crippen molar-refractivity contribution in [2.75, 3.05) is 5.32 Å². The first kappa shape index (κ1) is 18.5. The van der Waals surface area contributed by atoms with Crippen LogP contribution in [0.4, 0.5) is 5.69 Å². The molecule has 6 nitrogen and oxygen atoms in total. The molecule has 7 heteroatoms. The summed E-state index contributed by atoms with van der Waals surface area (Å²) in [5, 5.41) is 23.9. The van der Waals surface area contributed by atoms with Crippen molar-refractivity contribution < 1.29 is 9.90 Å². The Balaban J connectivity index is 1.78. The Morgan fingerprint density at radius 2 is 1.83 bits per heavy atom. The van der Waals surface area contributed by atoms with Crippen molar-refractivity contribution in [2.24, 2.45) is 0 Å². The second-order valence-electron chi connectivity index (χ2n) is 6.38. The van der Waals surface area contributed by atoms with Gasteiger partial charge in [0.05, 0.1) is 28.4 Å². The number of fused-ring (bicyclic) bond motifs is 1. The summed E-state index contributed by atoms with van der Waals surface area (Å²) in [4.78, 5) is 26.0. The van der Waals surface area contributed by atoms with Crippen LogP contribution in [0.5, 0.6) is 5.75 Å². The van der Waals surface area contributed by atoms with Crippen molar-refractivity contribution in [1.82, 2.24) is 4.57 Å². The zero-order valence-electron chi connectivity index (χ0n) is 15.1. The maximum absolute atomic E-state index is 13.1. The Hall–Kier alpha value is -3.89. The molecule has 0 saturated heterocycles. The zero-order valence-corrected chi connectivity index (χ0v) is 15.9. The molecule has 0 fully saturated rings. The third-order valence-electron chi connectivity index (χ3n) is 4.53. The van der Waals surface area contributed by atoms with E-state index in [1.807, 2.05) is 36.4 Å². The van der Waals surface area contributed by atoms with Gasteiger partial charge >= 0.3 is 0 Å². The van der Waals surface area contributed by atoms with E-state index in [2.05, 4.69) is 5.32 Å². The van der Waals surface area contributed by atoms with Crippen LogP contribution in [-0.2, 0) is 6.54 Å². The zero-order chi connectivity index (χ0) is 20.4. The number of hydrogen-bond donors (Lipinski definition) is 2. The number of aromatic hydroxyl groups is 1. The number of nitrogens with one attached hydrogen (secondary N) is 1. The van der Waals surface area contributed by atoms with E-state index in [4.69, 9.17) is 5.26 Å². The fourth-order valence-electron chi connectivity index (χ4n) is 3.10. The molecule has 0 aliphatic heterocycles. The van der Waals surface area contributed by atoms with Gasteiger partial charge in [-0.25, -0.2) is 0 Å². The molecular formula is C22H15N3O3S. The minimum absolute atomic E-state index is 0.282. The summed E-state index contributed by atoms with van der Waals surface area (Å²) in [7, 11) is 0. The van der Waals surface area contributed by atoms with Crippen molar-refractivity contribution in [3.63, 3.8) is 0 Å². The number of nitrogens with zero attached hydrogens (tertiary/aromatic N) is 2. The monoisotopic (exact) mass is 401 g/mol. The number of rotatable bonds is 4. The lowest BCUT2D eigenvalue weighted by atomic mass is 10.1. The average Bonchev–Trinajstić information content (AvgIpc) is 3.23. The van der Waals surface area contributed by atoms with E-state index in [-0.39, 0.29) is 17.9 Å². The van der Waals surface area contributed by atoms with Gasteiger partial charge in [0.1, 0.15) is 5.56 Å². The fourth-order valence-corrected chi connectivity index (χ4v) is 3.95. The van der Waals surface area contributed by atoms with E-state index >= 15 is 0 Å². The lowest BCUT2D eigenvalue weighted by Gasteiger charge is -2.13. The van der Waals surface area contributed by atoms with Crippen LogP contribution in [0.3, 0.4) is 0 Å². The van der Waals surface area contributed by atoms with Crippen molar-refractivity contribution in [3.05, 3.63) is 93.1 Å². The molecule has 29 heavy (non-hydrogen) atoms. The van der Waals surface area contributed by atoms with Crippen LogP contribution in [0.2, 0.25) is 0 Å². The maximum atomic E-state index is 13.1. The molecule has 0 atom stereocenters. The Bertz CT molecular complexity index is 1300. The molecule has 142 valence electrons.